The SMILES string of the molecule is C=CC1OC(C[Se]c2ccccc2)O[C@@H]2C/C(C)=C\[C@@H](C)[C@@H]([C@H](C)COCc3ccccc3)O[C@H]12. The third-order valence-corrected chi connectivity index (χ3v) is 8.83. The fraction of sp³-hybridized carbons (Fsp3) is 0.467. The summed E-state index contributed by atoms with van der Waals surface area (Å²) in [6, 6.07) is 20.9. The van der Waals surface area contributed by atoms with Crippen LogP contribution in [0, 0.1) is 11.8 Å². The van der Waals surface area contributed by atoms with Gasteiger partial charge in [0.1, 0.15) is 0 Å². The molecule has 1 fully saturated rings. The normalized spacial score (nSPS) is 31.3. The summed E-state index contributed by atoms with van der Waals surface area (Å²) in [5.74, 6) is 0.497. The van der Waals surface area contributed by atoms with E-state index in [2.05, 4.69) is 75.9 Å². The Kier molecular flexibility index (Phi) is 9.79. The van der Waals surface area contributed by atoms with E-state index in [0.717, 1.165) is 11.7 Å². The molecule has 4 rings (SSSR count). The standard InChI is InChI=1S/C30H38O4Se/c1-5-26-30-27(33-28(32-26)20-35-25-14-10-7-11-15-25)17-21(2)16-22(3)29(34-30)23(4)18-31-19-24-12-8-6-9-13-24/h5-16,22-23,26-30H,1,17-20H2,2-4H3/b21-16-/t22-,23-,26?,27-,28?,29+,30-/m1/s1. The van der Waals surface area contributed by atoms with E-state index in [4.69, 9.17) is 18.9 Å². The zero-order valence-corrected chi connectivity index (χ0v) is 22.8. The van der Waals surface area contributed by atoms with Gasteiger partial charge >= 0.3 is 187 Å². The summed E-state index contributed by atoms with van der Waals surface area (Å²) in [7, 11) is 0. The van der Waals surface area contributed by atoms with Crippen molar-refractivity contribution < 1.29 is 18.9 Å². The van der Waals surface area contributed by atoms with E-state index < -0.39 is 0 Å². The van der Waals surface area contributed by atoms with Crippen molar-refractivity contribution in [3.8, 4) is 0 Å². The number of benzene rings is 2. The van der Waals surface area contributed by atoms with E-state index in [1.54, 1.807) is 0 Å². The van der Waals surface area contributed by atoms with Crippen molar-refractivity contribution in [2.75, 3.05) is 6.61 Å². The molecule has 2 unspecified atom stereocenters. The van der Waals surface area contributed by atoms with E-state index in [9.17, 15) is 0 Å². The van der Waals surface area contributed by atoms with Gasteiger partial charge in [-0.05, 0) is 0 Å². The first-order valence-electron chi connectivity index (χ1n) is 12.6. The van der Waals surface area contributed by atoms with Crippen molar-refractivity contribution >= 4 is 19.4 Å². The first-order valence-corrected chi connectivity index (χ1v) is 14.7. The van der Waals surface area contributed by atoms with Gasteiger partial charge in [-0.2, -0.15) is 0 Å². The van der Waals surface area contributed by atoms with Crippen LogP contribution in [0.15, 0.2) is 85.0 Å². The molecule has 188 valence electrons. The Labute approximate surface area is 216 Å². The number of rotatable bonds is 9. The molecule has 2 aliphatic rings. The van der Waals surface area contributed by atoms with Gasteiger partial charge in [-0.15, -0.1) is 0 Å². The third-order valence-electron chi connectivity index (χ3n) is 6.64. The molecule has 4 nitrogen and oxygen atoms in total. The van der Waals surface area contributed by atoms with E-state index in [-0.39, 0.29) is 42.5 Å². The molecular weight excluding hydrogens is 503 g/mol. The molecule has 2 aliphatic heterocycles. The Hall–Kier alpha value is -1.72. The molecule has 2 heterocycles. The molecule has 7 atom stereocenters. The van der Waals surface area contributed by atoms with Gasteiger partial charge in [0.2, 0.25) is 0 Å². The number of hydrogen-bond acceptors (Lipinski definition) is 4. The van der Waals surface area contributed by atoms with Gasteiger partial charge in [-0.3, -0.25) is 0 Å². The molecule has 0 spiro atoms. The van der Waals surface area contributed by atoms with Crippen LogP contribution in [-0.4, -0.2) is 52.3 Å². The van der Waals surface area contributed by atoms with Crippen molar-refractivity contribution in [3.05, 3.63) is 90.5 Å². The van der Waals surface area contributed by atoms with Crippen LogP contribution >= 0.6 is 0 Å². The summed E-state index contributed by atoms with van der Waals surface area (Å²) < 4.78 is 27.1. The van der Waals surface area contributed by atoms with Crippen LogP contribution in [-0.2, 0) is 25.6 Å². The fourth-order valence-corrected chi connectivity index (χ4v) is 6.72. The Morgan fingerprint density at radius 1 is 1.06 bits per heavy atom. The zero-order chi connectivity index (χ0) is 24.6. The molecular formula is C30H38O4Se. The molecule has 0 saturated carbocycles. The monoisotopic (exact) mass is 542 g/mol. The molecule has 2 aromatic carbocycles. The predicted molar refractivity (Wildman–Crippen MR) is 142 cm³/mol. The topological polar surface area (TPSA) is 36.9 Å². The molecule has 0 aliphatic carbocycles. The van der Waals surface area contributed by atoms with E-state index in [0.29, 0.717) is 28.2 Å². The number of hydrogen-bond donors (Lipinski definition) is 0. The average molecular weight is 542 g/mol. The van der Waals surface area contributed by atoms with Crippen molar-refractivity contribution in [2.24, 2.45) is 11.8 Å². The van der Waals surface area contributed by atoms with Gasteiger partial charge in [-0.25, -0.2) is 0 Å². The van der Waals surface area contributed by atoms with Gasteiger partial charge in [0.15, 0.2) is 0 Å². The van der Waals surface area contributed by atoms with Crippen LogP contribution in [0.2, 0.25) is 5.32 Å². The first-order chi connectivity index (χ1) is 17.0. The van der Waals surface area contributed by atoms with Crippen LogP contribution in [0.25, 0.3) is 0 Å². The van der Waals surface area contributed by atoms with Gasteiger partial charge < -0.3 is 0 Å². The molecule has 35 heavy (non-hydrogen) atoms. The van der Waals surface area contributed by atoms with Crippen LogP contribution in [0.3, 0.4) is 0 Å². The Balaban J connectivity index is 1.41. The number of ether oxygens (including phenoxy) is 4. The van der Waals surface area contributed by atoms with E-state index in [1.807, 2.05) is 24.3 Å². The second-order valence-electron chi connectivity index (χ2n) is 9.68. The van der Waals surface area contributed by atoms with Crippen molar-refractivity contribution in [1.82, 2.24) is 0 Å². The summed E-state index contributed by atoms with van der Waals surface area (Å²) in [5, 5.41) is 0.872. The van der Waals surface area contributed by atoms with Crippen LogP contribution in [0.1, 0.15) is 32.8 Å². The molecule has 1 saturated heterocycles. The molecule has 0 aromatic heterocycles. The average Bonchev–Trinajstić information content (AvgIpc) is 2.86. The Morgan fingerprint density at radius 3 is 2.49 bits per heavy atom. The van der Waals surface area contributed by atoms with Gasteiger partial charge in [0.25, 0.3) is 0 Å². The minimum absolute atomic E-state index is 0.00765. The zero-order valence-electron chi connectivity index (χ0n) is 21.0. The van der Waals surface area contributed by atoms with Gasteiger partial charge in [-0.1, -0.05) is 30.3 Å². The van der Waals surface area contributed by atoms with Gasteiger partial charge in [0.05, 0.1) is 0 Å². The van der Waals surface area contributed by atoms with Crippen LogP contribution in [0.4, 0.5) is 0 Å². The summed E-state index contributed by atoms with van der Waals surface area (Å²) >= 11 is 0.291. The maximum absolute atomic E-state index is 6.79. The van der Waals surface area contributed by atoms with Crippen molar-refractivity contribution in [1.29, 1.82) is 0 Å². The first kappa shape index (κ1) is 26.3. The van der Waals surface area contributed by atoms with E-state index >= 15 is 0 Å². The summed E-state index contributed by atoms with van der Waals surface area (Å²) in [5.41, 5.74) is 2.53. The Morgan fingerprint density at radius 2 is 1.77 bits per heavy atom. The molecule has 0 bridgehead atoms. The minimum atomic E-state index is -0.238. The predicted octanol–water partition coefficient (Wildman–Crippen LogP) is 5.32. The Bertz CT molecular complexity index is 947. The van der Waals surface area contributed by atoms with Crippen LogP contribution < -0.4 is 4.46 Å². The number of fused-ring (bicyclic) bond motifs is 1. The second-order valence-corrected chi connectivity index (χ2v) is 12.0. The molecule has 0 amide bonds. The quantitative estimate of drug-likeness (QED) is 0.318. The third kappa shape index (κ3) is 7.39. The van der Waals surface area contributed by atoms with Gasteiger partial charge in [0, 0.05) is 0 Å². The molecule has 0 N–H and O–H groups in total. The fourth-order valence-electron chi connectivity index (χ4n) is 4.97. The maximum atomic E-state index is 6.79. The summed E-state index contributed by atoms with van der Waals surface area (Å²) in [6.45, 7) is 12.0. The molecule has 2 aromatic rings. The second kappa shape index (κ2) is 13.0. The molecule has 5 heteroatoms. The van der Waals surface area contributed by atoms with Crippen molar-refractivity contribution in [3.63, 3.8) is 0 Å². The molecule has 0 radical (unpaired) electrons. The van der Waals surface area contributed by atoms with Crippen molar-refractivity contribution in [2.45, 2.75) is 69.8 Å². The van der Waals surface area contributed by atoms with E-state index in [1.165, 1.54) is 15.6 Å². The van der Waals surface area contributed by atoms with Crippen LogP contribution in [0.5, 0.6) is 0 Å². The summed E-state index contributed by atoms with van der Waals surface area (Å²) in [4.78, 5) is 0. The summed E-state index contributed by atoms with van der Waals surface area (Å²) in [6.07, 6.45) is 4.44.